The molecule has 0 spiro atoms. The highest BCUT2D eigenvalue weighted by Crippen LogP contribution is 2.11. The number of nitrogens with zero attached hydrogens (tertiary/aromatic N) is 1. The second-order valence-electron chi connectivity index (χ2n) is 5.69. The van der Waals surface area contributed by atoms with Crippen LogP contribution in [0.15, 0.2) is 24.3 Å². The van der Waals surface area contributed by atoms with E-state index in [0.29, 0.717) is 26.3 Å². The number of rotatable bonds is 7. The van der Waals surface area contributed by atoms with E-state index in [4.69, 9.17) is 4.74 Å². The van der Waals surface area contributed by atoms with Gasteiger partial charge in [-0.25, -0.2) is 0 Å². The van der Waals surface area contributed by atoms with Gasteiger partial charge in [-0.2, -0.15) is 0 Å². The largest absolute Gasteiger partial charge is 0.393 e. The normalized spacial score (nSPS) is 16.6. The quantitative estimate of drug-likeness (QED) is 0.797. The van der Waals surface area contributed by atoms with Crippen LogP contribution < -0.4 is 5.32 Å². The minimum Gasteiger partial charge on any atom is -0.393 e. The number of aliphatic hydroxyl groups excluding tert-OH is 1. The SMILES string of the molecule is CCOCc1ccccc1CNC(=O)CN1CCC(O)CC1. The molecule has 1 aromatic rings. The van der Waals surface area contributed by atoms with E-state index in [2.05, 4.69) is 10.2 Å². The van der Waals surface area contributed by atoms with Gasteiger partial charge in [0.2, 0.25) is 5.91 Å². The second-order valence-corrected chi connectivity index (χ2v) is 5.69. The topological polar surface area (TPSA) is 61.8 Å². The van der Waals surface area contributed by atoms with Crippen molar-refractivity contribution in [1.29, 1.82) is 0 Å². The number of nitrogens with one attached hydrogen (secondary N) is 1. The van der Waals surface area contributed by atoms with Crippen molar-refractivity contribution >= 4 is 5.91 Å². The number of piperidine rings is 1. The Balaban J connectivity index is 1.78. The molecule has 0 aliphatic carbocycles. The van der Waals surface area contributed by atoms with Crippen LogP contribution in [-0.4, -0.2) is 48.3 Å². The zero-order valence-corrected chi connectivity index (χ0v) is 13.3. The van der Waals surface area contributed by atoms with Crippen LogP contribution >= 0.6 is 0 Å². The Morgan fingerprint density at radius 1 is 1.32 bits per heavy atom. The van der Waals surface area contributed by atoms with E-state index >= 15 is 0 Å². The highest BCUT2D eigenvalue weighted by atomic mass is 16.5. The highest BCUT2D eigenvalue weighted by Gasteiger charge is 2.18. The van der Waals surface area contributed by atoms with Crippen molar-refractivity contribution in [2.75, 3.05) is 26.2 Å². The summed E-state index contributed by atoms with van der Waals surface area (Å²) in [5, 5.41) is 12.5. The van der Waals surface area contributed by atoms with Crippen LogP contribution in [0.1, 0.15) is 30.9 Å². The van der Waals surface area contributed by atoms with Crippen LogP contribution in [0.4, 0.5) is 0 Å². The Morgan fingerprint density at radius 2 is 2.00 bits per heavy atom. The fourth-order valence-electron chi connectivity index (χ4n) is 2.61. The molecule has 5 heteroatoms. The Morgan fingerprint density at radius 3 is 2.68 bits per heavy atom. The minimum atomic E-state index is -0.204. The maximum Gasteiger partial charge on any atom is 0.234 e. The molecule has 0 saturated carbocycles. The maximum atomic E-state index is 12.0. The molecule has 2 rings (SSSR count). The van der Waals surface area contributed by atoms with E-state index in [1.54, 1.807) is 0 Å². The number of aliphatic hydroxyl groups is 1. The molecule has 1 saturated heterocycles. The van der Waals surface area contributed by atoms with Crippen LogP contribution in [0.5, 0.6) is 0 Å². The molecule has 22 heavy (non-hydrogen) atoms. The minimum absolute atomic E-state index is 0.0302. The van der Waals surface area contributed by atoms with Crippen molar-refractivity contribution in [3.63, 3.8) is 0 Å². The molecule has 0 aromatic heterocycles. The fraction of sp³-hybridized carbons (Fsp3) is 0.588. The summed E-state index contributed by atoms with van der Waals surface area (Å²) in [6.07, 6.45) is 1.30. The van der Waals surface area contributed by atoms with Gasteiger partial charge in [-0.05, 0) is 30.9 Å². The number of hydrogen-bond donors (Lipinski definition) is 2. The standard InChI is InChI=1S/C17H26N2O3/c1-2-22-13-15-6-4-3-5-14(15)11-18-17(21)12-19-9-7-16(20)8-10-19/h3-6,16,20H,2,7-13H2,1H3,(H,18,21). The summed E-state index contributed by atoms with van der Waals surface area (Å²) in [6, 6.07) is 8.01. The third kappa shape index (κ3) is 5.40. The fourth-order valence-corrected chi connectivity index (χ4v) is 2.61. The summed E-state index contributed by atoms with van der Waals surface area (Å²) in [6.45, 7) is 5.73. The third-order valence-corrected chi connectivity index (χ3v) is 3.98. The Bertz CT molecular complexity index is 471. The average molecular weight is 306 g/mol. The molecule has 0 atom stereocenters. The lowest BCUT2D eigenvalue weighted by Crippen LogP contribution is -2.42. The first kappa shape index (κ1) is 16.9. The van der Waals surface area contributed by atoms with E-state index in [-0.39, 0.29) is 12.0 Å². The zero-order valence-electron chi connectivity index (χ0n) is 13.3. The molecule has 1 amide bonds. The molecule has 0 unspecified atom stereocenters. The molecule has 1 aromatic carbocycles. The molecular formula is C17H26N2O3. The summed E-state index contributed by atoms with van der Waals surface area (Å²) in [7, 11) is 0. The van der Waals surface area contributed by atoms with E-state index in [0.717, 1.165) is 37.1 Å². The number of amides is 1. The first-order valence-electron chi connectivity index (χ1n) is 8.00. The maximum absolute atomic E-state index is 12.0. The van der Waals surface area contributed by atoms with Crippen molar-refractivity contribution in [2.45, 2.75) is 39.0 Å². The molecule has 0 radical (unpaired) electrons. The number of ether oxygens (including phenoxy) is 1. The summed E-state index contributed by atoms with van der Waals surface area (Å²) in [4.78, 5) is 14.1. The average Bonchev–Trinajstić information content (AvgIpc) is 2.54. The van der Waals surface area contributed by atoms with E-state index in [1.165, 1.54) is 0 Å². The van der Waals surface area contributed by atoms with Gasteiger partial charge in [-0.15, -0.1) is 0 Å². The number of hydrogen-bond acceptors (Lipinski definition) is 4. The lowest BCUT2D eigenvalue weighted by molar-refractivity contribution is -0.123. The monoisotopic (exact) mass is 306 g/mol. The van der Waals surface area contributed by atoms with Gasteiger partial charge in [0.15, 0.2) is 0 Å². The predicted octanol–water partition coefficient (Wildman–Crippen LogP) is 1.30. The predicted molar refractivity (Wildman–Crippen MR) is 85.3 cm³/mol. The van der Waals surface area contributed by atoms with Crippen molar-refractivity contribution in [2.24, 2.45) is 0 Å². The number of benzene rings is 1. The second kappa shape index (κ2) is 8.88. The molecule has 2 N–H and O–H groups in total. The smallest absolute Gasteiger partial charge is 0.234 e. The van der Waals surface area contributed by atoms with Gasteiger partial charge in [0.05, 0.1) is 19.3 Å². The van der Waals surface area contributed by atoms with Crippen LogP contribution in [0.25, 0.3) is 0 Å². The molecule has 122 valence electrons. The van der Waals surface area contributed by atoms with Crippen molar-refractivity contribution in [3.05, 3.63) is 35.4 Å². The Hall–Kier alpha value is -1.43. The zero-order chi connectivity index (χ0) is 15.8. The first-order valence-corrected chi connectivity index (χ1v) is 8.00. The molecule has 1 fully saturated rings. The number of carbonyl (C=O) groups excluding carboxylic acids is 1. The molecule has 1 aliphatic rings. The Labute approximate surface area is 132 Å². The van der Waals surface area contributed by atoms with Crippen LogP contribution in [-0.2, 0) is 22.7 Å². The van der Waals surface area contributed by atoms with Gasteiger partial charge in [-0.3, -0.25) is 9.69 Å². The van der Waals surface area contributed by atoms with Gasteiger partial charge in [0.25, 0.3) is 0 Å². The van der Waals surface area contributed by atoms with Crippen LogP contribution in [0.2, 0.25) is 0 Å². The van der Waals surface area contributed by atoms with Crippen LogP contribution in [0.3, 0.4) is 0 Å². The van der Waals surface area contributed by atoms with Gasteiger partial charge >= 0.3 is 0 Å². The lowest BCUT2D eigenvalue weighted by atomic mass is 10.1. The summed E-state index contributed by atoms with van der Waals surface area (Å²) >= 11 is 0. The van der Waals surface area contributed by atoms with Gasteiger partial charge in [0.1, 0.15) is 0 Å². The van der Waals surface area contributed by atoms with E-state index in [1.807, 2.05) is 31.2 Å². The number of likely N-dealkylation sites (tertiary alicyclic amines) is 1. The molecule has 5 nitrogen and oxygen atoms in total. The first-order chi connectivity index (χ1) is 10.7. The van der Waals surface area contributed by atoms with Gasteiger partial charge < -0.3 is 15.2 Å². The summed E-state index contributed by atoms with van der Waals surface area (Å²) in [5.41, 5.74) is 2.21. The molecule has 1 aliphatic heterocycles. The summed E-state index contributed by atoms with van der Waals surface area (Å²) in [5.74, 6) is 0.0302. The highest BCUT2D eigenvalue weighted by molar-refractivity contribution is 5.78. The van der Waals surface area contributed by atoms with Crippen molar-refractivity contribution in [3.8, 4) is 0 Å². The molecule has 1 heterocycles. The van der Waals surface area contributed by atoms with Gasteiger partial charge in [0, 0.05) is 26.2 Å². The molecule has 0 bridgehead atoms. The van der Waals surface area contributed by atoms with Crippen LogP contribution in [0, 0.1) is 0 Å². The van der Waals surface area contributed by atoms with E-state index in [9.17, 15) is 9.90 Å². The lowest BCUT2D eigenvalue weighted by Gasteiger charge is -2.28. The Kier molecular flexibility index (Phi) is 6.83. The number of carbonyl (C=O) groups is 1. The molecular weight excluding hydrogens is 280 g/mol. The van der Waals surface area contributed by atoms with Crippen molar-refractivity contribution in [1.82, 2.24) is 10.2 Å². The summed E-state index contributed by atoms with van der Waals surface area (Å²) < 4.78 is 5.45. The van der Waals surface area contributed by atoms with E-state index < -0.39 is 0 Å². The van der Waals surface area contributed by atoms with Crippen molar-refractivity contribution < 1.29 is 14.6 Å². The third-order valence-electron chi connectivity index (χ3n) is 3.98. The van der Waals surface area contributed by atoms with Gasteiger partial charge in [-0.1, -0.05) is 24.3 Å².